The second kappa shape index (κ2) is 6.34. The van der Waals surface area contributed by atoms with Gasteiger partial charge in [0.05, 0.1) is 10.6 Å². The number of halogens is 1. The van der Waals surface area contributed by atoms with Crippen LogP contribution in [0.3, 0.4) is 0 Å². The van der Waals surface area contributed by atoms with Crippen molar-refractivity contribution in [1.82, 2.24) is 4.31 Å². The van der Waals surface area contributed by atoms with Crippen molar-refractivity contribution in [3.8, 4) is 0 Å². The molecule has 1 aliphatic carbocycles. The Labute approximate surface area is 129 Å². The van der Waals surface area contributed by atoms with Gasteiger partial charge in [0.1, 0.15) is 4.90 Å². The summed E-state index contributed by atoms with van der Waals surface area (Å²) in [6, 6.07) is 3.68. The Bertz CT molecular complexity index is 638. The summed E-state index contributed by atoms with van der Waals surface area (Å²) in [5.74, 6) is -1.18. The van der Waals surface area contributed by atoms with Crippen molar-refractivity contribution in [2.75, 3.05) is 7.05 Å². The Morgan fingerprint density at radius 2 is 1.90 bits per heavy atom. The fourth-order valence-corrected chi connectivity index (χ4v) is 4.54. The van der Waals surface area contributed by atoms with Gasteiger partial charge in [-0.15, -0.1) is 0 Å². The van der Waals surface area contributed by atoms with E-state index >= 15 is 0 Å². The van der Waals surface area contributed by atoms with Crippen LogP contribution in [0.2, 0.25) is 5.02 Å². The van der Waals surface area contributed by atoms with E-state index in [0.717, 1.165) is 38.2 Å². The van der Waals surface area contributed by atoms with Gasteiger partial charge in [0, 0.05) is 13.1 Å². The van der Waals surface area contributed by atoms with Crippen molar-refractivity contribution in [2.45, 2.75) is 43.0 Å². The smallest absolute Gasteiger partial charge is 0.335 e. The second-order valence-electron chi connectivity index (χ2n) is 5.26. The van der Waals surface area contributed by atoms with Crippen molar-refractivity contribution in [3.63, 3.8) is 0 Å². The van der Waals surface area contributed by atoms with Gasteiger partial charge < -0.3 is 5.11 Å². The first-order valence-electron chi connectivity index (χ1n) is 6.85. The molecule has 0 radical (unpaired) electrons. The van der Waals surface area contributed by atoms with E-state index in [1.54, 1.807) is 0 Å². The van der Waals surface area contributed by atoms with Crippen molar-refractivity contribution < 1.29 is 18.3 Å². The lowest BCUT2D eigenvalue weighted by Crippen LogP contribution is -2.38. The maximum atomic E-state index is 12.7. The number of carboxylic acids is 1. The molecule has 1 aromatic carbocycles. The zero-order chi connectivity index (χ0) is 15.6. The largest absolute Gasteiger partial charge is 0.478 e. The van der Waals surface area contributed by atoms with Gasteiger partial charge in [0.2, 0.25) is 10.0 Å². The van der Waals surface area contributed by atoms with E-state index in [0.29, 0.717) is 0 Å². The van der Waals surface area contributed by atoms with Gasteiger partial charge in [-0.3, -0.25) is 0 Å². The standard InChI is InChI=1S/C14H18ClNO4S/c1-16(11-5-3-2-4-6-11)21(19,20)13-9-10(14(17)18)7-8-12(13)15/h7-9,11H,2-6H2,1H3,(H,17,18). The SMILES string of the molecule is CN(C1CCCCC1)S(=O)(=O)c1cc(C(=O)O)ccc1Cl. The normalized spacial score (nSPS) is 17.1. The summed E-state index contributed by atoms with van der Waals surface area (Å²) in [4.78, 5) is 10.9. The molecule has 0 heterocycles. The van der Waals surface area contributed by atoms with Crippen LogP contribution in [0.15, 0.2) is 23.1 Å². The highest BCUT2D eigenvalue weighted by atomic mass is 35.5. The van der Waals surface area contributed by atoms with E-state index < -0.39 is 16.0 Å². The summed E-state index contributed by atoms with van der Waals surface area (Å²) in [5, 5.41) is 9.05. The maximum Gasteiger partial charge on any atom is 0.335 e. The Morgan fingerprint density at radius 1 is 1.29 bits per heavy atom. The van der Waals surface area contributed by atoms with E-state index in [1.807, 2.05) is 0 Å². The number of rotatable bonds is 4. The van der Waals surface area contributed by atoms with Crippen LogP contribution in [0.1, 0.15) is 42.5 Å². The minimum atomic E-state index is -3.79. The summed E-state index contributed by atoms with van der Waals surface area (Å²) >= 11 is 5.97. The zero-order valence-corrected chi connectivity index (χ0v) is 13.3. The summed E-state index contributed by atoms with van der Waals surface area (Å²) in [7, 11) is -2.25. The number of nitrogens with zero attached hydrogens (tertiary/aromatic N) is 1. The number of aromatic carboxylic acids is 1. The van der Waals surface area contributed by atoms with Crippen LogP contribution in [-0.2, 0) is 10.0 Å². The monoisotopic (exact) mass is 331 g/mol. The van der Waals surface area contributed by atoms with E-state index in [2.05, 4.69) is 0 Å². The van der Waals surface area contributed by atoms with Crippen LogP contribution in [0.5, 0.6) is 0 Å². The quantitative estimate of drug-likeness (QED) is 0.920. The molecule has 1 aromatic rings. The molecule has 5 nitrogen and oxygen atoms in total. The number of carboxylic acid groups (broad SMARTS) is 1. The first kappa shape index (κ1) is 16.3. The molecular weight excluding hydrogens is 314 g/mol. The molecule has 7 heteroatoms. The van der Waals surface area contributed by atoms with Gasteiger partial charge in [-0.05, 0) is 31.0 Å². The molecule has 1 aliphatic rings. The maximum absolute atomic E-state index is 12.7. The first-order chi connectivity index (χ1) is 9.84. The molecule has 0 spiro atoms. The van der Waals surface area contributed by atoms with Crippen molar-refractivity contribution in [2.24, 2.45) is 0 Å². The van der Waals surface area contributed by atoms with E-state index in [1.165, 1.54) is 23.5 Å². The molecule has 0 saturated heterocycles. The van der Waals surface area contributed by atoms with Gasteiger partial charge in [0.15, 0.2) is 0 Å². The van der Waals surface area contributed by atoms with Gasteiger partial charge in [-0.25, -0.2) is 13.2 Å². The highest BCUT2D eigenvalue weighted by Gasteiger charge is 2.31. The molecule has 1 N–H and O–H groups in total. The first-order valence-corrected chi connectivity index (χ1v) is 8.66. The third-order valence-electron chi connectivity index (χ3n) is 3.92. The fraction of sp³-hybridized carbons (Fsp3) is 0.500. The number of carbonyl (C=O) groups is 1. The minimum absolute atomic E-state index is 0.0441. The van der Waals surface area contributed by atoms with Gasteiger partial charge in [0.25, 0.3) is 0 Å². The molecule has 1 fully saturated rings. The number of hydrogen-bond donors (Lipinski definition) is 1. The van der Waals surface area contributed by atoms with Crippen LogP contribution in [0.4, 0.5) is 0 Å². The minimum Gasteiger partial charge on any atom is -0.478 e. The summed E-state index contributed by atoms with van der Waals surface area (Å²) < 4.78 is 26.7. The zero-order valence-electron chi connectivity index (χ0n) is 11.8. The molecule has 0 atom stereocenters. The van der Waals surface area contributed by atoms with Crippen LogP contribution in [0.25, 0.3) is 0 Å². The summed E-state index contributed by atoms with van der Waals surface area (Å²) in [6.45, 7) is 0. The third-order valence-corrected chi connectivity index (χ3v) is 6.32. The number of benzene rings is 1. The molecule has 1 saturated carbocycles. The van der Waals surface area contributed by atoms with E-state index in [4.69, 9.17) is 16.7 Å². The second-order valence-corrected chi connectivity index (χ2v) is 7.64. The number of sulfonamides is 1. The Morgan fingerprint density at radius 3 is 2.48 bits per heavy atom. The highest BCUT2D eigenvalue weighted by molar-refractivity contribution is 7.89. The average Bonchev–Trinajstić information content (AvgIpc) is 2.47. The summed E-state index contributed by atoms with van der Waals surface area (Å²) in [6.07, 6.45) is 4.79. The molecule has 0 bridgehead atoms. The van der Waals surface area contributed by atoms with Crippen molar-refractivity contribution in [1.29, 1.82) is 0 Å². The molecule has 21 heavy (non-hydrogen) atoms. The Balaban J connectivity index is 2.38. The molecule has 0 amide bonds. The Kier molecular flexibility index (Phi) is 4.91. The van der Waals surface area contributed by atoms with Crippen LogP contribution in [0, 0.1) is 0 Å². The van der Waals surface area contributed by atoms with Gasteiger partial charge in [-0.2, -0.15) is 4.31 Å². The van der Waals surface area contributed by atoms with Crippen LogP contribution >= 0.6 is 11.6 Å². The van der Waals surface area contributed by atoms with E-state index in [-0.39, 0.29) is 21.5 Å². The molecule has 0 aliphatic heterocycles. The van der Waals surface area contributed by atoms with Crippen LogP contribution < -0.4 is 0 Å². The molecule has 0 aromatic heterocycles. The fourth-order valence-electron chi connectivity index (χ4n) is 2.63. The van der Waals surface area contributed by atoms with Crippen molar-refractivity contribution in [3.05, 3.63) is 28.8 Å². The molecule has 2 rings (SSSR count). The topological polar surface area (TPSA) is 74.7 Å². The highest BCUT2D eigenvalue weighted by Crippen LogP contribution is 2.30. The Hall–Kier alpha value is -1.11. The molecule has 116 valence electrons. The molecule has 0 unspecified atom stereocenters. The summed E-state index contributed by atoms with van der Waals surface area (Å²) in [5.41, 5.74) is -0.0879. The van der Waals surface area contributed by atoms with E-state index in [9.17, 15) is 13.2 Å². The third kappa shape index (κ3) is 3.39. The average molecular weight is 332 g/mol. The predicted octanol–water partition coefficient (Wildman–Crippen LogP) is 2.99. The number of hydrogen-bond acceptors (Lipinski definition) is 3. The lowest BCUT2D eigenvalue weighted by molar-refractivity contribution is 0.0696. The van der Waals surface area contributed by atoms with Crippen LogP contribution in [-0.4, -0.2) is 36.9 Å². The van der Waals surface area contributed by atoms with Gasteiger partial charge >= 0.3 is 5.97 Å². The lowest BCUT2D eigenvalue weighted by Gasteiger charge is -2.30. The van der Waals surface area contributed by atoms with Gasteiger partial charge in [-0.1, -0.05) is 30.9 Å². The lowest BCUT2D eigenvalue weighted by atomic mass is 9.96. The predicted molar refractivity (Wildman–Crippen MR) is 80.2 cm³/mol. The van der Waals surface area contributed by atoms with Crippen molar-refractivity contribution >= 4 is 27.6 Å². The molecular formula is C14H18ClNO4S.